The van der Waals surface area contributed by atoms with Gasteiger partial charge in [-0.05, 0) is 90.9 Å². The summed E-state index contributed by atoms with van der Waals surface area (Å²) in [4.78, 5) is 1.03. The maximum absolute atomic E-state index is 15.2. The van der Waals surface area contributed by atoms with E-state index in [1.54, 1.807) is 11.8 Å². The van der Waals surface area contributed by atoms with E-state index in [0.29, 0.717) is 5.56 Å². The van der Waals surface area contributed by atoms with E-state index in [0.717, 1.165) is 10.4 Å². The molecule has 1 aromatic rings. The Kier molecular flexibility index (Phi) is 5.85. The van der Waals surface area contributed by atoms with E-state index in [9.17, 15) is 0 Å². The molecule has 0 bridgehead atoms. The Hall–Kier alpha value is -0.790. The van der Waals surface area contributed by atoms with Crippen LogP contribution < -0.4 is 5.46 Å². The Bertz CT molecular complexity index is 791. The van der Waals surface area contributed by atoms with Crippen molar-refractivity contribution < 1.29 is 23.0 Å². The van der Waals surface area contributed by atoms with E-state index < -0.39 is 42.4 Å². The van der Waals surface area contributed by atoms with Gasteiger partial charge in [-0.1, -0.05) is 6.07 Å². The van der Waals surface area contributed by atoms with Gasteiger partial charge in [0.1, 0.15) is 5.73 Å². The number of rotatable bonds is 4. The summed E-state index contributed by atoms with van der Waals surface area (Å²) < 4.78 is 39.3. The van der Waals surface area contributed by atoms with Gasteiger partial charge < -0.3 is 18.6 Å². The number of hydrogen-bond donors (Lipinski definition) is 0. The van der Waals surface area contributed by atoms with Crippen molar-refractivity contribution in [2.24, 2.45) is 0 Å². The lowest BCUT2D eigenvalue weighted by molar-refractivity contribution is 0.00578. The van der Waals surface area contributed by atoms with E-state index >= 15 is 4.39 Å². The molecule has 29 heavy (non-hydrogen) atoms. The van der Waals surface area contributed by atoms with Gasteiger partial charge in [0.2, 0.25) is 0 Å². The SMILES string of the molecule is CSc1ccc(B2OC(C)(C)C(C)(C)O2)c(C=C(F)B2OC(C)(C)C(C)(C)O2)c1. The molecular weight excluding hydrogens is 389 g/mol. The summed E-state index contributed by atoms with van der Waals surface area (Å²) in [6, 6.07) is 5.88. The summed E-state index contributed by atoms with van der Waals surface area (Å²) in [5.74, 6) is 0. The van der Waals surface area contributed by atoms with Crippen LogP contribution in [0.25, 0.3) is 6.08 Å². The number of halogens is 1. The molecule has 2 aliphatic rings. The van der Waals surface area contributed by atoms with Crippen molar-refractivity contribution in [3.8, 4) is 0 Å². The molecule has 0 aromatic heterocycles. The molecule has 1 aromatic carbocycles. The summed E-state index contributed by atoms with van der Waals surface area (Å²) in [5, 5.41) is 0. The number of thioether (sulfide) groups is 1. The van der Waals surface area contributed by atoms with Crippen molar-refractivity contribution >= 4 is 37.5 Å². The second-order valence-corrected chi connectivity index (χ2v) is 10.6. The third-order valence-corrected chi connectivity index (χ3v) is 7.30. The maximum Gasteiger partial charge on any atom is 0.525 e. The minimum Gasteiger partial charge on any atom is -0.399 e. The predicted molar refractivity (Wildman–Crippen MR) is 119 cm³/mol. The van der Waals surface area contributed by atoms with E-state index in [-0.39, 0.29) is 0 Å². The zero-order valence-corrected chi connectivity index (χ0v) is 19.7. The van der Waals surface area contributed by atoms with Gasteiger partial charge in [-0.15, -0.1) is 11.8 Å². The average molecular weight is 420 g/mol. The summed E-state index contributed by atoms with van der Waals surface area (Å²) in [6.45, 7) is 15.6. The molecule has 2 fully saturated rings. The molecule has 158 valence electrons. The van der Waals surface area contributed by atoms with Gasteiger partial charge in [0, 0.05) is 4.90 Å². The first-order chi connectivity index (χ1) is 13.2. The monoisotopic (exact) mass is 420 g/mol. The number of hydrogen-bond acceptors (Lipinski definition) is 5. The highest BCUT2D eigenvalue weighted by Crippen LogP contribution is 2.40. The summed E-state index contributed by atoms with van der Waals surface area (Å²) >= 11 is 1.60. The fourth-order valence-corrected chi connectivity index (χ4v) is 3.61. The molecule has 0 saturated carbocycles. The van der Waals surface area contributed by atoms with Crippen molar-refractivity contribution in [1.29, 1.82) is 0 Å². The van der Waals surface area contributed by atoms with Gasteiger partial charge in [0.05, 0.1) is 22.4 Å². The van der Waals surface area contributed by atoms with Crippen molar-refractivity contribution in [1.82, 2.24) is 0 Å². The van der Waals surface area contributed by atoms with Crippen LogP contribution in [-0.2, 0) is 18.6 Å². The fraction of sp³-hybridized carbons (Fsp3) is 0.619. The molecule has 0 unspecified atom stereocenters. The lowest BCUT2D eigenvalue weighted by Gasteiger charge is -2.32. The third-order valence-electron chi connectivity index (χ3n) is 6.57. The van der Waals surface area contributed by atoms with Crippen LogP contribution >= 0.6 is 11.8 Å². The molecule has 3 rings (SSSR count). The standard InChI is InChI=1S/C21H31B2FO4S/c1-18(2)19(3,4)26-22(25-18)16-11-10-15(29-9)12-14(16)13-17(24)23-27-20(5,6)21(7,8)28-23/h10-13H,1-9H3. The van der Waals surface area contributed by atoms with Crippen LogP contribution in [0.3, 0.4) is 0 Å². The molecular formula is C21H31B2FO4S. The van der Waals surface area contributed by atoms with Crippen LogP contribution in [0.1, 0.15) is 61.0 Å². The Morgan fingerprint density at radius 2 is 1.34 bits per heavy atom. The summed E-state index contributed by atoms with van der Waals surface area (Å²) in [7, 11) is -1.61. The highest BCUT2D eigenvalue weighted by Gasteiger charge is 2.54. The molecule has 2 aliphatic heterocycles. The van der Waals surface area contributed by atoms with Gasteiger partial charge in [0.15, 0.2) is 0 Å². The predicted octanol–water partition coefficient (Wildman–Crippen LogP) is 4.65. The second kappa shape index (κ2) is 7.41. The van der Waals surface area contributed by atoms with Crippen molar-refractivity contribution in [2.75, 3.05) is 6.26 Å². The zero-order chi connectivity index (χ0) is 21.8. The molecule has 0 spiro atoms. The lowest BCUT2D eigenvalue weighted by atomic mass is 9.75. The van der Waals surface area contributed by atoms with Crippen molar-refractivity contribution in [3.63, 3.8) is 0 Å². The molecule has 0 aliphatic carbocycles. The van der Waals surface area contributed by atoms with Crippen LogP contribution in [-0.4, -0.2) is 42.9 Å². The van der Waals surface area contributed by atoms with Gasteiger partial charge in [-0.3, -0.25) is 0 Å². The Balaban J connectivity index is 1.96. The fourth-order valence-electron chi connectivity index (χ4n) is 3.16. The second-order valence-electron chi connectivity index (χ2n) is 9.70. The highest BCUT2D eigenvalue weighted by atomic mass is 32.2. The van der Waals surface area contributed by atoms with Crippen LogP contribution in [0.4, 0.5) is 4.39 Å². The van der Waals surface area contributed by atoms with E-state index in [4.69, 9.17) is 18.6 Å². The molecule has 0 N–H and O–H groups in total. The van der Waals surface area contributed by atoms with Gasteiger partial charge in [-0.2, -0.15) is 0 Å². The van der Waals surface area contributed by atoms with Crippen LogP contribution in [0.2, 0.25) is 0 Å². The van der Waals surface area contributed by atoms with Gasteiger partial charge >= 0.3 is 14.2 Å². The zero-order valence-electron chi connectivity index (χ0n) is 18.9. The third kappa shape index (κ3) is 4.19. The van der Waals surface area contributed by atoms with E-state index in [2.05, 4.69) is 0 Å². The molecule has 4 nitrogen and oxygen atoms in total. The topological polar surface area (TPSA) is 36.9 Å². The largest absolute Gasteiger partial charge is 0.525 e. The molecule has 0 radical (unpaired) electrons. The Morgan fingerprint density at radius 1 is 0.862 bits per heavy atom. The average Bonchev–Trinajstić information content (AvgIpc) is 2.94. The lowest BCUT2D eigenvalue weighted by Crippen LogP contribution is -2.41. The molecule has 2 saturated heterocycles. The summed E-state index contributed by atoms with van der Waals surface area (Å²) in [5.41, 5.74) is -1.13. The molecule has 0 atom stereocenters. The van der Waals surface area contributed by atoms with Crippen LogP contribution in [0.5, 0.6) is 0 Å². The van der Waals surface area contributed by atoms with Crippen molar-refractivity contribution in [2.45, 2.75) is 82.7 Å². The van der Waals surface area contributed by atoms with Gasteiger partial charge in [0.25, 0.3) is 0 Å². The molecule has 0 amide bonds. The molecule has 2 heterocycles. The first-order valence-corrected chi connectivity index (χ1v) is 11.2. The first-order valence-electron chi connectivity index (χ1n) is 9.95. The maximum atomic E-state index is 15.2. The Morgan fingerprint density at radius 3 is 1.83 bits per heavy atom. The minimum absolute atomic E-state index is 0.471. The minimum atomic E-state index is -1.04. The Labute approximate surface area is 179 Å². The van der Waals surface area contributed by atoms with Crippen LogP contribution in [0, 0.1) is 0 Å². The quantitative estimate of drug-likeness (QED) is 0.524. The van der Waals surface area contributed by atoms with Crippen LogP contribution in [0.15, 0.2) is 28.8 Å². The van der Waals surface area contributed by atoms with E-state index in [1.807, 2.05) is 79.8 Å². The first kappa shape index (κ1) is 22.9. The highest BCUT2D eigenvalue weighted by molar-refractivity contribution is 7.98. The smallest absolute Gasteiger partial charge is 0.399 e. The normalized spacial score (nSPS) is 25.0. The van der Waals surface area contributed by atoms with Crippen molar-refractivity contribution in [3.05, 3.63) is 29.5 Å². The van der Waals surface area contributed by atoms with Gasteiger partial charge in [-0.25, -0.2) is 4.39 Å². The molecule has 8 heteroatoms. The number of benzene rings is 1. The van der Waals surface area contributed by atoms with E-state index in [1.165, 1.54) is 6.08 Å². The summed E-state index contributed by atoms with van der Waals surface area (Å²) in [6.07, 6.45) is 3.46.